The van der Waals surface area contributed by atoms with Crippen LogP contribution in [0.3, 0.4) is 0 Å². The molecular weight excluding hydrogens is 712 g/mol. The zero-order valence-electron chi connectivity index (χ0n) is 35.9. The van der Waals surface area contributed by atoms with E-state index in [1.807, 2.05) is 0 Å². The van der Waals surface area contributed by atoms with Gasteiger partial charge in [0.05, 0.1) is 13.2 Å². The van der Waals surface area contributed by atoms with Crippen molar-refractivity contribution >= 4 is 11.9 Å². The van der Waals surface area contributed by atoms with E-state index < -0.39 is 49.4 Å². The highest BCUT2D eigenvalue weighted by Crippen LogP contribution is 2.23. The third-order valence-corrected chi connectivity index (χ3v) is 10.9. The summed E-state index contributed by atoms with van der Waals surface area (Å²) in [5, 5.41) is 40.1. The second-order valence-electron chi connectivity index (χ2n) is 16.2. The molecule has 4 N–H and O–H groups in total. The normalized spacial score (nSPS) is 20.4. The fourth-order valence-electron chi connectivity index (χ4n) is 7.18. The summed E-state index contributed by atoms with van der Waals surface area (Å²) in [4.78, 5) is 25.3. The van der Waals surface area contributed by atoms with Crippen LogP contribution in [0.15, 0.2) is 12.2 Å². The SMILES string of the molecule is CCCCCCCCC/C=C\CCCCCCCC(=O)OC(COC(=O)CCCCCCCCCCCCCCCCC)COC1OC(CO)C(O)C(O)C1O. The Bertz CT molecular complexity index is 928. The second-order valence-corrected chi connectivity index (χ2v) is 16.2. The monoisotopic (exact) mass is 799 g/mol. The number of carbonyl (C=O) groups excluding carboxylic acids is 2. The van der Waals surface area contributed by atoms with Gasteiger partial charge in [0.1, 0.15) is 31.0 Å². The Balaban J connectivity index is 2.31. The van der Waals surface area contributed by atoms with Crippen LogP contribution in [0.1, 0.15) is 213 Å². The minimum absolute atomic E-state index is 0.215. The molecule has 1 saturated heterocycles. The summed E-state index contributed by atoms with van der Waals surface area (Å²) in [5.41, 5.74) is 0. The minimum atomic E-state index is -1.59. The third-order valence-electron chi connectivity index (χ3n) is 10.9. The van der Waals surface area contributed by atoms with Gasteiger partial charge in [0.25, 0.3) is 0 Å². The van der Waals surface area contributed by atoms with E-state index >= 15 is 0 Å². The number of hydrogen-bond donors (Lipinski definition) is 4. The summed E-state index contributed by atoms with van der Waals surface area (Å²) in [6.45, 7) is 3.43. The van der Waals surface area contributed by atoms with Gasteiger partial charge in [-0.25, -0.2) is 0 Å². The Morgan fingerprint density at radius 3 is 1.39 bits per heavy atom. The summed E-state index contributed by atoms with van der Waals surface area (Å²) in [7, 11) is 0. The molecule has 6 unspecified atom stereocenters. The number of aliphatic hydroxyl groups is 4. The van der Waals surface area contributed by atoms with Crippen LogP contribution in [0, 0.1) is 0 Å². The lowest BCUT2D eigenvalue weighted by atomic mass is 9.99. The first-order chi connectivity index (χ1) is 27.3. The topological polar surface area (TPSA) is 152 Å². The summed E-state index contributed by atoms with van der Waals surface area (Å²) in [5.74, 6) is -0.805. The molecule has 0 saturated carbocycles. The predicted molar refractivity (Wildman–Crippen MR) is 224 cm³/mol. The summed E-state index contributed by atoms with van der Waals surface area (Å²) in [6.07, 6.45) is 32.1. The number of esters is 2. The van der Waals surface area contributed by atoms with Crippen molar-refractivity contribution in [2.24, 2.45) is 0 Å². The Labute approximate surface area is 341 Å². The van der Waals surface area contributed by atoms with Crippen molar-refractivity contribution in [3.63, 3.8) is 0 Å². The maximum absolute atomic E-state index is 12.8. The lowest BCUT2D eigenvalue weighted by molar-refractivity contribution is -0.305. The molecule has 1 rings (SSSR count). The maximum Gasteiger partial charge on any atom is 0.306 e. The van der Waals surface area contributed by atoms with Crippen LogP contribution in [-0.4, -0.2) is 89.0 Å². The van der Waals surface area contributed by atoms with Gasteiger partial charge in [0, 0.05) is 12.8 Å². The molecule has 0 spiro atoms. The number of carbonyl (C=O) groups is 2. The molecular formula is C46H86O10. The number of hydrogen-bond acceptors (Lipinski definition) is 10. The molecule has 0 aliphatic carbocycles. The van der Waals surface area contributed by atoms with Crippen molar-refractivity contribution in [2.45, 2.75) is 250 Å². The zero-order chi connectivity index (χ0) is 40.9. The van der Waals surface area contributed by atoms with Gasteiger partial charge in [-0.1, -0.05) is 174 Å². The van der Waals surface area contributed by atoms with Gasteiger partial charge >= 0.3 is 11.9 Å². The molecule has 6 atom stereocenters. The molecule has 1 aliphatic rings. The van der Waals surface area contributed by atoms with Gasteiger partial charge in [0.15, 0.2) is 12.4 Å². The fourth-order valence-corrected chi connectivity index (χ4v) is 7.18. The van der Waals surface area contributed by atoms with Crippen molar-refractivity contribution in [1.82, 2.24) is 0 Å². The molecule has 10 nitrogen and oxygen atoms in total. The lowest BCUT2D eigenvalue weighted by Gasteiger charge is -2.39. The number of ether oxygens (including phenoxy) is 4. The molecule has 0 bridgehead atoms. The van der Waals surface area contributed by atoms with Crippen molar-refractivity contribution < 1.29 is 49.0 Å². The molecule has 0 amide bonds. The summed E-state index contributed by atoms with van der Waals surface area (Å²) < 4.78 is 22.2. The van der Waals surface area contributed by atoms with Gasteiger partial charge in [-0.15, -0.1) is 0 Å². The van der Waals surface area contributed by atoms with E-state index in [4.69, 9.17) is 18.9 Å². The van der Waals surface area contributed by atoms with E-state index in [0.717, 1.165) is 51.4 Å². The highest BCUT2D eigenvalue weighted by molar-refractivity contribution is 5.70. The van der Waals surface area contributed by atoms with E-state index in [1.165, 1.54) is 128 Å². The van der Waals surface area contributed by atoms with Gasteiger partial charge in [0.2, 0.25) is 0 Å². The summed E-state index contributed by atoms with van der Waals surface area (Å²) >= 11 is 0. The van der Waals surface area contributed by atoms with E-state index in [-0.39, 0.29) is 32.0 Å². The maximum atomic E-state index is 12.8. The molecule has 56 heavy (non-hydrogen) atoms. The Morgan fingerprint density at radius 1 is 0.536 bits per heavy atom. The molecule has 1 fully saturated rings. The standard InChI is InChI=1S/C46H86O10/c1-3-5-7-9-11-13-15-17-19-21-23-25-27-29-31-33-35-42(49)55-39(38-54-46-45(52)44(51)43(50)40(36-47)56-46)37-53-41(48)34-32-30-28-26-24-22-20-18-16-14-12-10-8-6-4-2/h19,21,39-40,43-47,50-52H,3-18,20,22-38H2,1-2H3/b21-19-. The first-order valence-corrected chi connectivity index (χ1v) is 23.3. The van der Waals surface area contributed by atoms with Crippen molar-refractivity contribution in [3.8, 4) is 0 Å². The Kier molecular flexibility index (Phi) is 35.3. The summed E-state index contributed by atoms with van der Waals surface area (Å²) in [6, 6.07) is 0. The minimum Gasteiger partial charge on any atom is -0.462 e. The average Bonchev–Trinajstić information content (AvgIpc) is 3.19. The van der Waals surface area contributed by atoms with Crippen molar-refractivity contribution in [3.05, 3.63) is 12.2 Å². The Morgan fingerprint density at radius 2 is 0.946 bits per heavy atom. The first kappa shape index (κ1) is 52.5. The van der Waals surface area contributed by atoms with E-state index in [2.05, 4.69) is 26.0 Å². The Hall–Kier alpha value is -1.56. The van der Waals surface area contributed by atoms with Gasteiger partial charge in [-0.3, -0.25) is 9.59 Å². The van der Waals surface area contributed by atoms with Crippen LogP contribution in [0.5, 0.6) is 0 Å². The lowest BCUT2D eigenvalue weighted by Crippen LogP contribution is -2.59. The van der Waals surface area contributed by atoms with Gasteiger partial charge in [-0.2, -0.15) is 0 Å². The quantitative estimate of drug-likeness (QED) is 0.0269. The van der Waals surface area contributed by atoms with E-state index in [9.17, 15) is 30.0 Å². The zero-order valence-corrected chi connectivity index (χ0v) is 35.9. The third kappa shape index (κ3) is 28.8. The van der Waals surface area contributed by atoms with Crippen LogP contribution in [-0.2, 0) is 28.5 Å². The molecule has 1 aliphatic heterocycles. The van der Waals surface area contributed by atoms with Crippen LogP contribution in [0.4, 0.5) is 0 Å². The molecule has 1 heterocycles. The smallest absolute Gasteiger partial charge is 0.306 e. The van der Waals surface area contributed by atoms with Crippen molar-refractivity contribution in [2.75, 3.05) is 19.8 Å². The highest BCUT2D eigenvalue weighted by Gasteiger charge is 2.44. The molecule has 0 radical (unpaired) electrons. The van der Waals surface area contributed by atoms with Crippen LogP contribution >= 0.6 is 0 Å². The number of aliphatic hydroxyl groups excluding tert-OH is 4. The van der Waals surface area contributed by atoms with E-state index in [0.29, 0.717) is 6.42 Å². The van der Waals surface area contributed by atoms with Crippen LogP contribution < -0.4 is 0 Å². The molecule has 0 aromatic rings. The van der Waals surface area contributed by atoms with Crippen molar-refractivity contribution in [1.29, 1.82) is 0 Å². The molecule has 330 valence electrons. The van der Waals surface area contributed by atoms with Gasteiger partial charge < -0.3 is 39.4 Å². The van der Waals surface area contributed by atoms with Crippen LogP contribution in [0.2, 0.25) is 0 Å². The molecule has 0 aromatic heterocycles. The van der Waals surface area contributed by atoms with Crippen LogP contribution in [0.25, 0.3) is 0 Å². The van der Waals surface area contributed by atoms with E-state index in [1.54, 1.807) is 0 Å². The number of allylic oxidation sites excluding steroid dienone is 2. The highest BCUT2D eigenvalue weighted by atomic mass is 16.7. The average molecular weight is 799 g/mol. The molecule has 10 heteroatoms. The van der Waals surface area contributed by atoms with Gasteiger partial charge in [-0.05, 0) is 38.5 Å². The number of rotatable bonds is 39. The first-order valence-electron chi connectivity index (χ1n) is 23.3. The molecule has 0 aromatic carbocycles. The fraction of sp³-hybridized carbons (Fsp3) is 0.913. The largest absolute Gasteiger partial charge is 0.462 e. The predicted octanol–water partition coefficient (Wildman–Crippen LogP) is 9.95. The number of unbranched alkanes of at least 4 members (excludes halogenated alkanes) is 26. The second kappa shape index (κ2) is 37.7.